The van der Waals surface area contributed by atoms with E-state index in [2.05, 4.69) is 16.4 Å². The summed E-state index contributed by atoms with van der Waals surface area (Å²) in [7, 11) is 0. The Bertz CT molecular complexity index is 1380. The molecule has 1 fully saturated rings. The Labute approximate surface area is 211 Å². The number of hydrogen-bond donors (Lipinski definition) is 1. The molecule has 174 valence electrons. The molecule has 3 heterocycles. The maximum Gasteiger partial charge on any atom is 0.255 e. The van der Waals surface area contributed by atoms with Gasteiger partial charge in [-0.1, -0.05) is 6.07 Å². The van der Waals surface area contributed by atoms with Crippen LogP contribution in [0.5, 0.6) is 0 Å². The van der Waals surface area contributed by atoms with Crippen LogP contribution in [0.3, 0.4) is 0 Å². The molecule has 0 bridgehead atoms. The second kappa shape index (κ2) is 10.3. The average Bonchev–Trinajstić information content (AvgIpc) is 3.55. The van der Waals surface area contributed by atoms with E-state index in [1.54, 1.807) is 52.7 Å². The Morgan fingerprint density at radius 1 is 1.11 bits per heavy atom. The number of thioether (sulfide) groups is 2. The molecule has 1 aliphatic heterocycles. The molecule has 0 aliphatic carbocycles. The van der Waals surface area contributed by atoms with Gasteiger partial charge < -0.3 is 14.6 Å². The maximum absolute atomic E-state index is 13.2. The van der Waals surface area contributed by atoms with Gasteiger partial charge in [-0.15, -0.1) is 23.5 Å². The lowest BCUT2D eigenvalue weighted by Crippen LogP contribution is -2.44. The molecule has 1 aliphatic rings. The molecule has 1 N–H and O–H groups in total. The van der Waals surface area contributed by atoms with Crippen molar-refractivity contribution in [2.45, 2.75) is 16.7 Å². The van der Waals surface area contributed by atoms with Gasteiger partial charge in [-0.3, -0.25) is 9.59 Å². The minimum atomic E-state index is -0.549. The monoisotopic (exact) mass is 499 g/mol. The van der Waals surface area contributed by atoms with Crippen molar-refractivity contribution in [3.8, 4) is 6.07 Å². The summed E-state index contributed by atoms with van der Waals surface area (Å²) in [5.41, 5.74) is 3.60. The highest BCUT2D eigenvalue weighted by molar-refractivity contribution is 7.99. The van der Waals surface area contributed by atoms with Crippen LogP contribution in [0.25, 0.3) is 5.65 Å². The predicted molar refractivity (Wildman–Crippen MR) is 138 cm³/mol. The van der Waals surface area contributed by atoms with Gasteiger partial charge in [0.25, 0.3) is 5.91 Å². The van der Waals surface area contributed by atoms with Gasteiger partial charge in [0, 0.05) is 40.0 Å². The first-order valence-electron chi connectivity index (χ1n) is 11.0. The Morgan fingerprint density at radius 3 is 2.66 bits per heavy atom. The molecule has 2 amide bonds. The summed E-state index contributed by atoms with van der Waals surface area (Å²) < 4.78 is 2.00. The predicted octanol–water partition coefficient (Wildman–Crippen LogP) is 4.65. The lowest BCUT2D eigenvalue weighted by molar-refractivity contribution is -0.119. The van der Waals surface area contributed by atoms with Gasteiger partial charge in [0.15, 0.2) is 0 Å². The molecule has 1 unspecified atom stereocenters. The summed E-state index contributed by atoms with van der Waals surface area (Å²) in [5.74, 6) is 1.35. The minimum Gasteiger partial charge on any atom is -0.324 e. The number of carbonyl (C=O) groups excluding carboxylic acids is 2. The average molecular weight is 500 g/mol. The highest BCUT2D eigenvalue weighted by Crippen LogP contribution is 2.27. The zero-order valence-corrected chi connectivity index (χ0v) is 20.3. The van der Waals surface area contributed by atoms with Gasteiger partial charge in [-0.2, -0.15) is 5.26 Å². The summed E-state index contributed by atoms with van der Waals surface area (Å²) in [5, 5.41) is 11.8. The minimum absolute atomic E-state index is 0.160. The van der Waals surface area contributed by atoms with E-state index in [0.717, 1.165) is 22.0 Å². The van der Waals surface area contributed by atoms with Crippen LogP contribution in [-0.4, -0.2) is 43.8 Å². The lowest BCUT2D eigenvalue weighted by Gasteiger charge is -2.23. The lowest BCUT2D eigenvalue weighted by atomic mass is 10.1. The molecule has 4 aromatic rings. The van der Waals surface area contributed by atoms with Gasteiger partial charge >= 0.3 is 0 Å². The third kappa shape index (κ3) is 5.19. The van der Waals surface area contributed by atoms with Gasteiger partial charge in [0.05, 0.1) is 23.2 Å². The van der Waals surface area contributed by atoms with Crippen LogP contribution in [0.1, 0.15) is 21.6 Å². The Balaban J connectivity index is 1.20. The molecule has 2 aromatic heterocycles. The van der Waals surface area contributed by atoms with E-state index < -0.39 is 6.04 Å². The molecule has 35 heavy (non-hydrogen) atoms. The molecule has 1 saturated heterocycles. The smallest absolute Gasteiger partial charge is 0.255 e. The van der Waals surface area contributed by atoms with E-state index in [1.165, 1.54) is 0 Å². The quantitative estimate of drug-likeness (QED) is 0.388. The van der Waals surface area contributed by atoms with Crippen LogP contribution in [-0.2, 0) is 10.5 Å². The Morgan fingerprint density at radius 2 is 1.91 bits per heavy atom. The third-order valence-corrected chi connectivity index (χ3v) is 7.69. The number of benzene rings is 2. The number of rotatable bonds is 6. The molecular weight excluding hydrogens is 478 g/mol. The highest BCUT2D eigenvalue weighted by Gasteiger charge is 2.35. The fraction of sp³-hybridized carbons (Fsp3) is 0.154. The second-order valence-corrected chi connectivity index (χ2v) is 10.0. The number of aromatic nitrogens is 2. The van der Waals surface area contributed by atoms with Crippen LogP contribution >= 0.6 is 23.5 Å². The number of imidazole rings is 1. The van der Waals surface area contributed by atoms with E-state index in [1.807, 2.05) is 59.3 Å². The van der Waals surface area contributed by atoms with Gasteiger partial charge in [0.2, 0.25) is 5.91 Å². The first-order valence-corrected chi connectivity index (χ1v) is 13.1. The normalized spacial score (nSPS) is 15.2. The number of nitrogens with zero attached hydrogens (tertiary/aromatic N) is 4. The van der Waals surface area contributed by atoms with Crippen molar-refractivity contribution in [3.05, 3.63) is 95.9 Å². The third-order valence-electron chi connectivity index (χ3n) is 5.63. The molecule has 0 spiro atoms. The first kappa shape index (κ1) is 23.0. The van der Waals surface area contributed by atoms with Crippen molar-refractivity contribution in [3.63, 3.8) is 0 Å². The SMILES string of the molecule is N#Cc1ccc(NC(=O)C2CSCN2C(=O)c2ccc(SCc3cn4ccccc4n3)cc2)cc1. The second-order valence-electron chi connectivity index (χ2n) is 7.98. The number of hydrogen-bond acceptors (Lipinski definition) is 6. The van der Waals surface area contributed by atoms with Gasteiger partial charge in [-0.05, 0) is 60.7 Å². The number of carbonyl (C=O) groups is 2. The number of fused-ring (bicyclic) bond motifs is 1. The molecule has 1 atom stereocenters. The first-order chi connectivity index (χ1) is 17.1. The van der Waals surface area contributed by atoms with Crippen LogP contribution < -0.4 is 5.32 Å². The van der Waals surface area contributed by atoms with E-state index in [0.29, 0.717) is 28.4 Å². The molecule has 0 radical (unpaired) electrons. The zero-order chi connectivity index (χ0) is 24.2. The van der Waals surface area contributed by atoms with Crippen molar-refractivity contribution >= 4 is 46.7 Å². The summed E-state index contributed by atoms with van der Waals surface area (Å²) in [6.45, 7) is 0. The molecule has 5 rings (SSSR count). The Kier molecular flexibility index (Phi) is 6.75. The summed E-state index contributed by atoms with van der Waals surface area (Å²) in [6.07, 6.45) is 4.00. The van der Waals surface area contributed by atoms with E-state index in [4.69, 9.17) is 5.26 Å². The molecule has 9 heteroatoms. The van der Waals surface area contributed by atoms with Crippen molar-refractivity contribution in [2.24, 2.45) is 0 Å². The van der Waals surface area contributed by atoms with Crippen LogP contribution in [0.15, 0.2) is 84.0 Å². The standard InChI is InChI=1S/C26H21N5O2S2/c27-13-18-4-8-20(9-5-18)29-25(32)23-16-34-17-31(23)26(33)19-6-10-22(11-7-19)35-15-21-14-30-12-2-1-3-24(30)28-21/h1-12,14,23H,15-17H2,(H,29,32). The molecule has 0 saturated carbocycles. The van der Waals surface area contributed by atoms with Gasteiger partial charge in [-0.25, -0.2) is 4.98 Å². The fourth-order valence-electron chi connectivity index (χ4n) is 3.79. The van der Waals surface area contributed by atoms with Crippen LogP contribution in [0, 0.1) is 11.3 Å². The zero-order valence-electron chi connectivity index (χ0n) is 18.6. The van der Waals surface area contributed by atoms with Crippen molar-refractivity contribution in [1.29, 1.82) is 5.26 Å². The van der Waals surface area contributed by atoms with Crippen molar-refractivity contribution < 1.29 is 9.59 Å². The molecular formula is C26H21N5O2S2. The number of nitriles is 1. The van der Waals surface area contributed by atoms with E-state index in [-0.39, 0.29) is 11.8 Å². The largest absolute Gasteiger partial charge is 0.324 e. The van der Waals surface area contributed by atoms with Crippen molar-refractivity contribution in [2.75, 3.05) is 16.9 Å². The van der Waals surface area contributed by atoms with E-state index in [9.17, 15) is 9.59 Å². The van der Waals surface area contributed by atoms with Crippen LogP contribution in [0.4, 0.5) is 5.69 Å². The van der Waals surface area contributed by atoms with E-state index >= 15 is 0 Å². The number of nitrogens with one attached hydrogen (secondary N) is 1. The number of amides is 2. The fourth-order valence-corrected chi connectivity index (χ4v) is 5.72. The summed E-state index contributed by atoms with van der Waals surface area (Å²) >= 11 is 3.22. The highest BCUT2D eigenvalue weighted by atomic mass is 32.2. The van der Waals surface area contributed by atoms with Crippen molar-refractivity contribution in [1.82, 2.24) is 14.3 Å². The topological polar surface area (TPSA) is 90.5 Å². The summed E-state index contributed by atoms with van der Waals surface area (Å²) in [4.78, 5) is 33.3. The maximum atomic E-state index is 13.2. The molecule has 7 nitrogen and oxygen atoms in total. The Hall–Kier alpha value is -3.74. The number of anilines is 1. The van der Waals surface area contributed by atoms with Crippen LogP contribution in [0.2, 0.25) is 0 Å². The molecule has 2 aromatic carbocycles. The van der Waals surface area contributed by atoms with Gasteiger partial charge in [0.1, 0.15) is 11.7 Å². The summed E-state index contributed by atoms with van der Waals surface area (Å²) in [6, 6.07) is 21.6. The number of pyridine rings is 1.